The molecule has 0 amide bonds. The second kappa shape index (κ2) is 9.06. The topological polar surface area (TPSA) is 37.6 Å². The van der Waals surface area contributed by atoms with Crippen LogP contribution in [0.2, 0.25) is 20.1 Å². The van der Waals surface area contributed by atoms with Crippen molar-refractivity contribution in [2.75, 3.05) is 0 Å². The zero-order chi connectivity index (χ0) is 20.3. The van der Waals surface area contributed by atoms with Gasteiger partial charge in [0.1, 0.15) is 0 Å². The Morgan fingerprint density at radius 2 is 1.00 bits per heavy atom. The van der Waals surface area contributed by atoms with Crippen molar-refractivity contribution in [3.8, 4) is 0 Å². The fraction of sp³-hybridized carbons (Fsp3) is 0.0952. The lowest BCUT2D eigenvalue weighted by atomic mass is 10.2. The molecule has 0 radical (unpaired) electrons. The van der Waals surface area contributed by atoms with E-state index in [1.54, 1.807) is 36.4 Å². The average Bonchev–Trinajstić information content (AvgIpc) is 2.60. The Bertz CT molecular complexity index is 968. The van der Waals surface area contributed by atoms with Crippen LogP contribution in [0, 0.1) is 0 Å². The Balaban J connectivity index is 1.92. The molecule has 3 nitrogen and oxygen atoms in total. The Labute approximate surface area is 183 Å². The Morgan fingerprint density at radius 3 is 1.36 bits per heavy atom. The first-order valence-electron chi connectivity index (χ1n) is 8.31. The molecule has 0 aliphatic rings. The van der Waals surface area contributed by atoms with E-state index < -0.39 is 0 Å². The van der Waals surface area contributed by atoms with Crippen LogP contribution in [0.1, 0.15) is 25.2 Å². The highest BCUT2D eigenvalue weighted by atomic mass is 35.5. The number of aromatic nitrogens is 1. The van der Waals surface area contributed by atoms with Gasteiger partial charge >= 0.3 is 0 Å². The van der Waals surface area contributed by atoms with Gasteiger partial charge in [-0.05, 0) is 62.4 Å². The van der Waals surface area contributed by atoms with Crippen LogP contribution in [0.3, 0.4) is 0 Å². The number of rotatable bonds is 4. The minimum absolute atomic E-state index is 0.531. The molecule has 0 aliphatic heterocycles. The summed E-state index contributed by atoms with van der Waals surface area (Å²) in [5.74, 6) is 0. The van der Waals surface area contributed by atoms with Crippen LogP contribution in [-0.4, -0.2) is 16.4 Å². The smallest absolute Gasteiger partial charge is 0.0849 e. The zero-order valence-electron chi connectivity index (χ0n) is 15.0. The SMILES string of the molecule is CC(=Nc1cc(Cl)cc(Cl)c1)c1cccc(C(C)=Nc2cc(Cl)cc(Cl)c2)n1. The van der Waals surface area contributed by atoms with Crippen LogP contribution in [0.4, 0.5) is 11.4 Å². The van der Waals surface area contributed by atoms with Crippen molar-refractivity contribution in [1.82, 2.24) is 4.98 Å². The molecule has 0 saturated carbocycles. The number of benzene rings is 2. The Hall–Kier alpha value is -1.91. The molecule has 0 atom stereocenters. The van der Waals surface area contributed by atoms with Gasteiger partial charge in [0.25, 0.3) is 0 Å². The first-order chi connectivity index (χ1) is 13.3. The molecule has 0 bridgehead atoms. The second-order valence-electron chi connectivity index (χ2n) is 6.06. The molecule has 3 aromatic rings. The van der Waals surface area contributed by atoms with Crippen molar-refractivity contribution in [1.29, 1.82) is 0 Å². The molecule has 2 aromatic carbocycles. The van der Waals surface area contributed by atoms with Gasteiger partial charge in [-0.3, -0.25) is 9.98 Å². The fourth-order valence-corrected chi connectivity index (χ4v) is 3.58. The van der Waals surface area contributed by atoms with E-state index in [1.165, 1.54) is 0 Å². The van der Waals surface area contributed by atoms with E-state index in [4.69, 9.17) is 46.4 Å². The van der Waals surface area contributed by atoms with E-state index in [0.717, 1.165) is 22.8 Å². The van der Waals surface area contributed by atoms with Crippen molar-refractivity contribution in [3.05, 3.63) is 86.1 Å². The molecule has 1 heterocycles. The Morgan fingerprint density at radius 1 is 0.643 bits per heavy atom. The van der Waals surface area contributed by atoms with E-state index in [2.05, 4.69) is 15.0 Å². The van der Waals surface area contributed by atoms with Gasteiger partial charge in [0.2, 0.25) is 0 Å². The van der Waals surface area contributed by atoms with Crippen molar-refractivity contribution in [2.24, 2.45) is 9.98 Å². The van der Waals surface area contributed by atoms with Crippen LogP contribution < -0.4 is 0 Å². The summed E-state index contributed by atoms with van der Waals surface area (Å²) in [4.78, 5) is 13.8. The summed E-state index contributed by atoms with van der Waals surface area (Å²) in [6.07, 6.45) is 0. The van der Waals surface area contributed by atoms with Gasteiger partial charge < -0.3 is 0 Å². The predicted molar refractivity (Wildman–Crippen MR) is 121 cm³/mol. The van der Waals surface area contributed by atoms with Crippen molar-refractivity contribution >= 4 is 69.2 Å². The van der Waals surface area contributed by atoms with E-state index in [9.17, 15) is 0 Å². The third kappa shape index (κ3) is 5.55. The highest BCUT2D eigenvalue weighted by Crippen LogP contribution is 2.26. The lowest BCUT2D eigenvalue weighted by Crippen LogP contribution is -2.05. The molecule has 3 rings (SSSR count). The van der Waals surface area contributed by atoms with Gasteiger partial charge in [0, 0.05) is 20.1 Å². The van der Waals surface area contributed by atoms with E-state index in [1.807, 2.05) is 32.0 Å². The second-order valence-corrected chi connectivity index (χ2v) is 7.80. The number of halogens is 4. The number of hydrogen-bond acceptors (Lipinski definition) is 3. The maximum Gasteiger partial charge on any atom is 0.0849 e. The molecule has 0 unspecified atom stereocenters. The summed E-state index contributed by atoms with van der Waals surface area (Å²) in [5, 5.41) is 2.13. The minimum Gasteiger partial charge on any atom is -0.251 e. The molecular formula is C21H15Cl4N3. The average molecular weight is 451 g/mol. The van der Waals surface area contributed by atoms with E-state index in [0.29, 0.717) is 31.5 Å². The van der Waals surface area contributed by atoms with E-state index in [-0.39, 0.29) is 0 Å². The quantitative estimate of drug-likeness (QED) is 0.371. The van der Waals surface area contributed by atoms with Gasteiger partial charge in [0.05, 0.1) is 34.2 Å². The normalized spacial score (nSPS) is 12.4. The summed E-state index contributed by atoms with van der Waals surface area (Å²) < 4.78 is 0. The highest BCUT2D eigenvalue weighted by molar-refractivity contribution is 6.35. The Kier molecular flexibility index (Phi) is 6.73. The van der Waals surface area contributed by atoms with Crippen molar-refractivity contribution in [3.63, 3.8) is 0 Å². The van der Waals surface area contributed by atoms with Crippen molar-refractivity contribution in [2.45, 2.75) is 13.8 Å². The predicted octanol–water partition coefficient (Wildman–Crippen LogP) is 7.98. The number of pyridine rings is 1. The van der Waals surface area contributed by atoms with Crippen LogP contribution in [0.5, 0.6) is 0 Å². The highest BCUT2D eigenvalue weighted by Gasteiger charge is 2.06. The van der Waals surface area contributed by atoms with Gasteiger partial charge in [-0.1, -0.05) is 52.5 Å². The first-order valence-corrected chi connectivity index (χ1v) is 9.82. The van der Waals surface area contributed by atoms with Crippen LogP contribution in [0.15, 0.2) is 64.6 Å². The largest absolute Gasteiger partial charge is 0.251 e. The molecule has 1 aromatic heterocycles. The molecule has 0 spiro atoms. The van der Waals surface area contributed by atoms with E-state index >= 15 is 0 Å². The maximum absolute atomic E-state index is 6.04. The molecule has 0 fully saturated rings. The lowest BCUT2D eigenvalue weighted by molar-refractivity contribution is 1.24. The van der Waals surface area contributed by atoms with Gasteiger partial charge in [-0.25, -0.2) is 4.98 Å². The maximum atomic E-state index is 6.04. The molecule has 0 N–H and O–H groups in total. The van der Waals surface area contributed by atoms with Gasteiger partial charge in [0.15, 0.2) is 0 Å². The molecule has 28 heavy (non-hydrogen) atoms. The third-order valence-corrected chi connectivity index (χ3v) is 4.65. The summed E-state index contributed by atoms with van der Waals surface area (Å²) >= 11 is 24.2. The fourth-order valence-electron chi connectivity index (χ4n) is 2.55. The number of hydrogen-bond donors (Lipinski definition) is 0. The standard InChI is InChI=1S/C21H15Cl4N3/c1-12(26-18-8-14(22)6-15(23)9-18)20-4-3-5-21(28-20)13(2)27-19-10-16(24)7-17(25)11-19/h3-11H,1-2H3. The third-order valence-electron chi connectivity index (χ3n) is 3.78. The lowest BCUT2D eigenvalue weighted by Gasteiger charge is -2.06. The molecule has 7 heteroatoms. The number of aliphatic imine (C=N–C) groups is 2. The van der Waals surface area contributed by atoms with Crippen LogP contribution in [-0.2, 0) is 0 Å². The zero-order valence-corrected chi connectivity index (χ0v) is 18.1. The van der Waals surface area contributed by atoms with Gasteiger partial charge in [-0.15, -0.1) is 0 Å². The summed E-state index contributed by atoms with van der Waals surface area (Å²) in [6, 6.07) is 16.0. The van der Waals surface area contributed by atoms with Gasteiger partial charge in [-0.2, -0.15) is 0 Å². The monoisotopic (exact) mass is 449 g/mol. The first kappa shape index (κ1) is 20.8. The summed E-state index contributed by atoms with van der Waals surface area (Å²) in [7, 11) is 0. The molecular weight excluding hydrogens is 436 g/mol. The number of nitrogens with zero attached hydrogens (tertiary/aromatic N) is 3. The summed E-state index contributed by atoms with van der Waals surface area (Å²) in [6.45, 7) is 3.76. The van der Waals surface area contributed by atoms with Crippen molar-refractivity contribution < 1.29 is 0 Å². The minimum atomic E-state index is 0.531. The molecule has 142 valence electrons. The molecule has 0 saturated heterocycles. The van der Waals surface area contributed by atoms with Crippen LogP contribution >= 0.6 is 46.4 Å². The molecule has 0 aliphatic carbocycles. The van der Waals surface area contributed by atoms with Crippen LogP contribution in [0.25, 0.3) is 0 Å². The summed E-state index contributed by atoms with van der Waals surface area (Å²) in [5.41, 5.74) is 4.26.